The van der Waals surface area contributed by atoms with E-state index in [1.54, 1.807) is 7.11 Å². The summed E-state index contributed by atoms with van der Waals surface area (Å²) in [5.74, 6) is 0.888. The number of hydrogen-bond donors (Lipinski definition) is 1. The highest BCUT2D eigenvalue weighted by atomic mass is 32.1. The molecule has 110 valence electrons. The minimum Gasteiger partial charge on any atom is -0.497 e. The second-order valence-electron chi connectivity index (χ2n) is 4.86. The lowest BCUT2D eigenvalue weighted by molar-refractivity contribution is 0.0272. The van der Waals surface area contributed by atoms with E-state index in [2.05, 4.69) is 5.32 Å². The van der Waals surface area contributed by atoms with E-state index in [1.165, 1.54) is 11.3 Å². The van der Waals surface area contributed by atoms with Crippen molar-refractivity contribution in [1.29, 1.82) is 0 Å². The van der Waals surface area contributed by atoms with Gasteiger partial charge in [0.2, 0.25) is 5.78 Å². The third kappa shape index (κ3) is 3.15. The molecule has 4 nitrogen and oxygen atoms in total. The van der Waals surface area contributed by atoms with Gasteiger partial charge >= 0.3 is 0 Å². The van der Waals surface area contributed by atoms with Crippen molar-refractivity contribution in [3.05, 3.63) is 40.6 Å². The van der Waals surface area contributed by atoms with Crippen LogP contribution in [0, 0.1) is 0 Å². The van der Waals surface area contributed by atoms with E-state index >= 15 is 0 Å². The molecule has 5 heteroatoms. The van der Waals surface area contributed by atoms with E-state index in [9.17, 15) is 4.79 Å². The Labute approximate surface area is 127 Å². The molecule has 0 aliphatic carbocycles. The minimum atomic E-state index is -0.360. The molecular formula is C16H17NO3S. The lowest BCUT2D eigenvalue weighted by atomic mass is 10.1. The lowest BCUT2D eigenvalue weighted by Crippen LogP contribution is -2.42. The standard InChI is InChI=1S/C16H17NO3S/c1-19-13-4-2-11(3-5-13)12-8-15(21-10-12)16(18)14-9-17-6-7-20-14/h2-5,8,10,14,17H,6-7,9H2,1H3. The van der Waals surface area contributed by atoms with Gasteiger partial charge in [0.1, 0.15) is 11.9 Å². The zero-order valence-electron chi connectivity index (χ0n) is 11.8. The molecule has 0 spiro atoms. The lowest BCUT2D eigenvalue weighted by Gasteiger charge is -2.21. The topological polar surface area (TPSA) is 47.6 Å². The first-order chi connectivity index (χ1) is 10.3. The second-order valence-corrected chi connectivity index (χ2v) is 5.77. The Balaban J connectivity index is 1.77. The van der Waals surface area contributed by atoms with Crippen LogP contribution in [0.4, 0.5) is 0 Å². The number of carbonyl (C=O) groups is 1. The number of benzene rings is 1. The summed E-state index contributed by atoms with van der Waals surface area (Å²) in [5.41, 5.74) is 2.13. The van der Waals surface area contributed by atoms with Gasteiger partial charge in [-0.25, -0.2) is 0 Å². The molecule has 0 amide bonds. The monoisotopic (exact) mass is 303 g/mol. The molecule has 0 radical (unpaired) electrons. The van der Waals surface area contributed by atoms with Crippen LogP contribution < -0.4 is 10.1 Å². The average Bonchev–Trinajstić information content (AvgIpc) is 3.05. The Morgan fingerprint density at radius 2 is 2.14 bits per heavy atom. The van der Waals surface area contributed by atoms with Crippen LogP contribution in [0.2, 0.25) is 0 Å². The molecular weight excluding hydrogens is 286 g/mol. The number of ketones is 1. The number of morpholine rings is 1. The van der Waals surface area contributed by atoms with Crippen molar-refractivity contribution < 1.29 is 14.3 Å². The molecule has 1 atom stereocenters. The average molecular weight is 303 g/mol. The van der Waals surface area contributed by atoms with E-state index in [0.717, 1.165) is 28.3 Å². The largest absolute Gasteiger partial charge is 0.497 e. The molecule has 2 aromatic rings. The van der Waals surface area contributed by atoms with Gasteiger partial charge in [-0.2, -0.15) is 0 Å². The fraction of sp³-hybridized carbons (Fsp3) is 0.312. The number of carbonyl (C=O) groups excluding carboxylic acids is 1. The molecule has 0 saturated carbocycles. The quantitative estimate of drug-likeness (QED) is 0.882. The Bertz CT molecular complexity index is 615. The van der Waals surface area contributed by atoms with E-state index in [1.807, 2.05) is 35.7 Å². The van der Waals surface area contributed by atoms with Crippen LogP contribution in [0.15, 0.2) is 35.7 Å². The summed E-state index contributed by atoms with van der Waals surface area (Å²) in [5, 5.41) is 5.19. The summed E-state index contributed by atoms with van der Waals surface area (Å²) in [7, 11) is 1.65. The van der Waals surface area contributed by atoms with Gasteiger partial charge in [0.25, 0.3) is 0 Å². The second kappa shape index (κ2) is 6.39. The van der Waals surface area contributed by atoms with Gasteiger partial charge in [-0.3, -0.25) is 4.79 Å². The van der Waals surface area contributed by atoms with E-state index < -0.39 is 0 Å². The molecule has 1 aromatic heterocycles. The predicted octanol–water partition coefficient (Wildman–Crippen LogP) is 2.59. The molecule has 1 aliphatic heterocycles. The van der Waals surface area contributed by atoms with Crippen LogP contribution in [0.3, 0.4) is 0 Å². The number of ether oxygens (including phenoxy) is 2. The van der Waals surface area contributed by atoms with E-state index in [4.69, 9.17) is 9.47 Å². The summed E-state index contributed by atoms with van der Waals surface area (Å²) in [4.78, 5) is 13.1. The number of nitrogens with one attached hydrogen (secondary N) is 1. The van der Waals surface area contributed by atoms with E-state index in [0.29, 0.717) is 13.2 Å². The molecule has 3 rings (SSSR count). The van der Waals surface area contributed by atoms with Crippen molar-refractivity contribution >= 4 is 17.1 Å². The highest BCUT2D eigenvalue weighted by Gasteiger charge is 2.24. The van der Waals surface area contributed by atoms with Crippen molar-refractivity contribution in [2.24, 2.45) is 0 Å². The van der Waals surface area contributed by atoms with Gasteiger partial charge in [0, 0.05) is 13.1 Å². The SMILES string of the molecule is COc1ccc(-c2csc(C(=O)C3CNCCO3)c2)cc1. The van der Waals surface area contributed by atoms with Crippen LogP contribution in [0.25, 0.3) is 11.1 Å². The van der Waals surface area contributed by atoms with Gasteiger partial charge in [0.15, 0.2) is 0 Å². The number of hydrogen-bond acceptors (Lipinski definition) is 5. The fourth-order valence-corrected chi connectivity index (χ4v) is 3.19. The number of thiophene rings is 1. The Morgan fingerprint density at radius 1 is 1.33 bits per heavy atom. The highest BCUT2D eigenvalue weighted by molar-refractivity contribution is 7.12. The first-order valence-corrected chi connectivity index (χ1v) is 7.75. The van der Waals surface area contributed by atoms with Gasteiger partial charge < -0.3 is 14.8 Å². The summed E-state index contributed by atoms with van der Waals surface area (Å²) >= 11 is 1.47. The number of methoxy groups -OCH3 is 1. The van der Waals surface area contributed by atoms with Crippen LogP contribution in [0.1, 0.15) is 9.67 Å². The molecule has 1 N–H and O–H groups in total. The number of Topliss-reactive ketones (excluding diaryl/α,β-unsaturated/α-hetero) is 1. The van der Waals surface area contributed by atoms with Crippen molar-refractivity contribution in [2.75, 3.05) is 26.8 Å². The molecule has 1 saturated heterocycles. The van der Waals surface area contributed by atoms with Crippen LogP contribution in [0.5, 0.6) is 5.75 Å². The van der Waals surface area contributed by atoms with Gasteiger partial charge in [-0.1, -0.05) is 12.1 Å². The molecule has 1 fully saturated rings. The van der Waals surface area contributed by atoms with Crippen LogP contribution in [-0.2, 0) is 4.74 Å². The van der Waals surface area contributed by atoms with Crippen molar-refractivity contribution in [1.82, 2.24) is 5.32 Å². The van der Waals surface area contributed by atoms with Crippen LogP contribution in [-0.4, -0.2) is 38.7 Å². The maximum absolute atomic E-state index is 12.4. The Kier molecular flexibility index (Phi) is 4.34. The summed E-state index contributed by atoms with van der Waals surface area (Å²) in [6.07, 6.45) is -0.360. The maximum Gasteiger partial charge on any atom is 0.202 e. The molecule has 1 unspecified atom stereocenters. The zero-order chi connectivity index (χ0) is 14.7. The van der Waals surface area contributed by atoms with E-state index in [-0.39, 0.29) is 11.9 Å². The fourth-order valence-electron chi connectivity index (χ4n) is 2.29. The Morgan fingerprint density at radius 3 is 2.81 bits per heavy atom. The van der Waals surface area contributed by atoms with Crippen molar-refractivity contribution in [3.63, 3.8) is 0 Å². The molecule has 2 heterocycles. The first kappa shape index (κ1) is 14.3. The molecule has 1 aromatic carbocycles. The zero-order valence-corrected chi connectivity index (χ0v) is 12.6. The maximum atomic E-state index is 12.4. The Hall–Kier alpha value is -1.69. The minimum absolute atomic E-state index is 0.0620. The van der Waals surface area contributed by atoms with Gasteiger partial charge in [0.05, 0.1) is 18.6 Å². The summed E-state index contributed by atoms with van der Waals surface area (Å²) < 4.78 is 10.7. The number of rotatable bonds is 4. The predicted molar refractivity (Wildman–Crippen MR) is 83.2 cm³/mol. The summed E-state index contributed by atoms with van der Waals surface area (Å²) in [6.45, 7) is 1.99. The third-order valence-electron chi connectivity index (χ3n) is 3.49. The smallest absolute Gasteiger partial charge is 0.202 e. The molecule has 1 aliphatic rings. The first-order valence-electron chi connectivity index (χ1n) is 6.87. The van der Waals surface area contributed by atoms with Gasteiger partial charge in [-0.05, 0) is 34.7 Å². The van der Waals surface area contributed by atoms with Crippen molar-refractivity contribution in [2.45, 2.75) is 6.10 Å². The summed E-state index contributed by atoms with van der Waals surface area (Å²) in [6, 6.07) is 9.76. The van der Waals surface area contributed by atoms with Crippen molar-refractivity contribution in [3.8, 4) is 16.9 Å². The third-order valence-corrected chi connectivity index (χ3v) is 4.43. The molecule has 21 heavy (non-hydrogen) atoms. The molecule has 0 bridgehead atoms. The normalized spacial score (nSPS) is 18.4. The highest BCUT2D eigenvalue weighted by Crippen LogP contribution is 2.28. The van der Waals surface area contributed by atoms with Crippen LogP contribution >= 0.6 is 11.3 Å². The van der Waals surface area contributed by atoms with Gasteiger partial charge in [-0.15, -0.1) is 11.3 Å².